The molecule has 212 valence electrons. The number of carbonyl (C=O) groups is 1. The zero-order valence-corrected chi connectivity index (χ0v) is 25.5. The van der Waals surface area contributed by atoms with E-state index in [0.717, 1.165) is 58.0 Å². The van der Waals surface area contributed by atoms with E-state index >= 15 is 0 Å². The van der Waals surface area contributed by atoms with Crippen LogP contribution in [0.4, 0.5) is 4.79 Å². The van der Waals surface area contributed by atoms with Gasteiger partial charge in [-0.05, 0) is 74.9 Å². The van der Waals surface area contributed by atoms with Crippen LogP contribution in [0.2, 0.25) is 16.6 Å². The van der Waals surface area contributed by atoms with E-state index in [1.165, 1.54) is 0 Å². The van der Waals surface area contributed by atoms with Crippen LogP contribution in [0.3, 0.4) is 0 Å². The predicted molar refractivity (Wildman–Crippen MR) is 153 cm³/mol. The van der Waals surface area contributed by atoms with Crippen LogP contribution in [-0.2, 0) is 18.6 Å². The lowest BCUT2D eigenvalue weighted by Crippen LogP contribution is -2.60. The number of likely N-dealkylation sites (tertiary alicyclic amines) is 1. The largest absolute Gasteiger partial charge is 0.445 e. The Bertz CT molecular complexity index is 721. The van der Waals surface area contributed by atoms with Gasteiger partial charge < -0.3 is 18.6 Å². The molecule has 2 fully saturated rings. The van der Waals surface area contributed by atoms with E-state index in [0.29, 0.717) is 16.6 Å². The fourth-order valence-corrected chi connectivity index (χ4v) is 12.3. The van der Waals surface area contributed by atoms with Gasteiger partial charge in [0, 0.05) is 12.6 Å². The van der Waals surface area contributed by atoms with Crippen molar-refractivity contribution in [3.63, 3.8) is 0 Å². The van der Waals surface area contributed by atoms with Gasteiger partial charge in [0.15, 0.2) is 6.29 Å². The third-order valence-electron chi connectivity index (χ3n) is 8.40. The van der Waals surface area contributed by atoms with Crippen LogP contribution in [0, 0.1) is 12.3 Å². The van der Waals surface area contributed by atoms with Gasteiger partial charge in [0.1, 0.15) is 12.7 Å². The minimum absolute atomic E-state index is 0.0108. The molecular weight excluding hydrogens is 482 g/mol. The molecule has 0 aromatic rings. The maximum Gasteiger partial charge on any atom is 0.410 e. The molecule has 37 heavy (non-hydrogen) atoms. The van der Waals surface area contributed by atoms with Gasteiger partial charge in [-0.3, -0.25) is 4.90 Å². The molecule has 7 heteroatoms. The number of amides is 1. The molecule has 0 N–H and O–H groups in total. The van der Waals surface area contributed by atoms with Crippen molar-refractivity contribution in [2.45, 2.75) is 147 Å². The monoisotopic (exact) mass is 535 g/mol. The summed E-state index contributed by atoms with van der Waals surface area (Å²) in [5, 5.41) is 0. The van der Waals surface area contributed by atoms with Gasteiger partial charge in [0.05, 0.1) is 12.1 Å². The number of nitrogens with zero attached hydrogens (tertiary/aromatic N) is 1. The number of carbonyl (C=O) groups excluding carboxylic acids is 1. The quantitative estimate of drug-likeness (QED) is 0.139. The molecule has 0 spiro atoms. The summed E-state index contributed by atoms with van der Waals surface area (Å²) in [4.78, 5) is 15.2. The van der Waals surface area contributed by atoms with Crippen molar-refractivity contribution in [2.75, 3.05) is 13.2 Å². The van der Waals surface area contributed by atoms with E-state index in [9.17, 15) is 4.79 Å². The maximum atomic E-state index is 13.2. The van der Waals surface area contributed by atoms with E-state index in [1.54, 1.807) is 6.08 Å². The van der Waals surface area contributed by atoms with Crippen molar-refractivity contribution >= 4 is 14.4 Å². The smallest absolute Gasteiger partial charge is 0.410 e. The summed E-state index contributed by atoms with van der Waals surface area (Å²) in [5.74, 6) is 2.79. The van der Waals surface area contributed by atoms with Gasteiger partial charge in [-0.25, -0.2) is 4.79 Å². The highest BCUT2D eigenvalue weighted by Gasteiger charge is 2.49. The second-order valence-electron chi connectivity index (χ2n) is 11.7. The van der Waals surface area contributed by atoms with Gasteiger partial charge in [-0.2, -0.15) is 0 Å². The van der Waals surface area contributed by atoms with Crippen LogP contribution in [-0.4, -0.2) is 63.1 Å². The molecule has 2 heterocycles. The van der Waals surface area contributed by atoms with Crippen LogP contribution in [0.5, 0.6) is 0 Å². The van der Waals surface area contributed by atoms with Crippen molar-refractivity contribution in [3.05, 3.63) is 12.7 Å². The Labute approximate surface area is 228 Å². The van der Waals surface area contributed by atoms with E-state index in [2.05, 4.69) is 61.0 Å². The minimum Gasteiger partial charge on any atom is -0.445 e. The van der Waals surface area contributed by atoms with Crippen molar-refractivity contribution in [2.24, 2.45) is 0 Å². The zero-order valence-electron chi connectivity index (χ0n) is 24.5. The molecule has 2 aliphatic rings. The third kappa shape index (κ3) is 8.32. The molecule has 2 aliphatic heterocycles. The highest BCUT2D eigenvalue weighted by atomic mass is 28.4. The number of hydrogen-bond donors (Lipinski definition) is 0. The topological polar surface area (TPSA) is 57.2 Å². The average molecular weight is 536 g/mol. The number of hydrogen-bond acceptors (Lipinski definition) is 5. The SMILES string of the molecule is C#C[C@@H](CCC[C@H]1CC[C@@H](O[Si](C(C)C)(C(C)C)C(C)C)[C@H](C)N1C(=O)OCC=C)OC1CCCCO1. The third-order valence-corrected chi connectivity index (χ3v) is 14.5. The summed E-state index contributed by atoms with van der Waals surface area (Å²) in [6, 6.07) is 0.0271. The second kappa shape index (κ2) is 15.3. The lowest BCUT2D eigenvalue weighted by atomic mass is 9.91. The molecule has 0 radical (unpaired) electrons. The summed E-state index contributed by atoms with van der Waals surface area (Å²) in [7, 11) is -2.08. The van der Waals surface area contributed by atoms with E-state index in [-0.39, 0.29) is 43.3 Å². The van der Waals surface area contributed by atoms with Gasteiger partial charge >= 0.3 is 6.09 Å². The van der Waals surface area contributed by atoms with Crippen LogP contribution in [0.25, 0.3) is 0 Å². The Morgan fingerprint density at radius 3 is 2.35 bits per heavy atom. The molecule has 0 aromatic carbocycles. The molecule has 5 atom stereocenters. The molecule has 2 rings (SSSR count). The highest BCUT2D eigenvalue weighted by Crippen LogP contribution is 2.45. The van der Waals surface area contributed by atoms with E-state index < -0.39 is 8.32 Å². The summed E-state index contributed by atoms with van der Waals surface area (Å²) < 4.78 is 24.4. The van der Waals surface area contributed by atoms with Crippen LogP contribution in [0.15, 0.2) is 12.7 Å². The van der Waals surface area contributed by atoms with Crippen LogP contribution in [0.1, 0.15) is 99.8 Å². The molecule has 0 bridgehead atoms. The number of ether oxygens (including phenoxy) is 3. The fourth-order valence-electron chi connectivity index (χ4n) is 6.61. The van der Waals surface area contributed by atoms with E-state index in [4.69, 9.17) is 25.1 Å². The van der Waals surface area contributed by atoms with Crippen LogP contribution < -0.4 is 0 Å². The summed E-state index contributed by atoms with van der Waals surface area (Å²) in [5.41, 5.74) is 1.48. The Morgan fingerprint density at radius 1 is 1.14 bits per heavy atom. The first kappa shape index (κ1) is 31.9. The Balaban J connectivity index is 2.10. The summed E-state index contributed by atoms with van der Waals surface area (Å²) >= 11 is 0. The van der Waals surface area contributed by atoms with Crippen molar-refractivity contribution in [1.82, 2.24) is 4.90 Å². The van der Waals surface area contributed by atoms with Crippen LogP contribution >= 0.6 is 0 Å². The minimum atomic E-state index is -2.08. The summed E-state index contributed by atoms with van der Waals surface area (Å²) in [6.07, 6.45) is 14.1. The molecule has 6 nitrogen and oxygen atoms in total. The van der Waals surface area contributed by atoms with Gasteiger partial charge in [0.2, 0.25) is 8.32 Å². The highest BCUT2D eigenvalue weighted by molar-refractivity contribution is 6.77. The Morgan fingerprint density at radius 2 is 1.81 bits per heavy atom. The van der Waals surface area contributed by atoms with E-state index in [1.807, 2.05) is 4.90 Å². The molecule has 1 amide bonds. The van der Waals surface area contributed by atoms with Crippen molar-refractivity contribution < 1.29 is 23.4 Å². The average Bonchev–Trinajstić information content (AvgIpc) is 2.86. The van der Waals surface area contributed by atoms with Gasteiger partial charge in [-0.15, -0.1) is 6.42 Å². The fraction of sp³-hybridized carbons (Fsp3) is 0.833. The molecule has 2 saturated heterocycles. The lowest BCUT2D eigenvalue weighted by molar-refractivity contribution is -0.177. The first-order chi connectivity index (χ1) is 17.6. The number of rotatable bonds is 13. The number of piperidine rings is 1. The van der Waals surface area contributed by atoms with Gasteiger partial charge in [-0.1, -0.05) is 60.1 Å². The van der Waals surface area contributed by atoms with Crippen molar-refractivity contribution in [3.8, 4) is 12.3 Å². The standard InChI is InChI=1S/C30H53NO5Si/c1-10-20-34-30(32)31-25(9)28(36-37(22(3)4,23(5)6)24(7)8)19-18-26(31)15-14-16-27(11-2)35-29-17-12-13-21-33-29/h2,10,22-29H,1,12-21H2,3-9H3/t25-,26-,27-,28+,29?/m0/s1. The lowest BCUT2D eigenvalue weighted by Gasteiger charge is -2.50. The molecule has 0 aromatic heterocycles. The van der Waals surface area contributed by atoms with Crippen molar-refractivity contribution in [1.29, 1.82) is 0 Å². The molecule has 0 aliphatic carbocycles. The first-order valence-electron chi connectivity index (χ1n) is 14.5. The Hall–Kier alpha value is -1.33. The van der Waals surface area contributed by atoms with Gasteiger partial charge in [0.25, 0.3) is 0 Å². The molecular formula is C30H53NO5Si. The predicted octanol–water partition coefficient (Wildman–Crippen LogP) is 7.44. The maximum absolute atomic E-state index is 13.2. The normalized spacial score (nSPS) is 25.8. The molecule has 1 unspecified atom stereocenters. The zero-order chi connectivity index (χ0) is 27.6. The second-order valence-corrected chi connectivity index (χ2v) is 17.1. The molecule has 0 saturated carbocycles. The number of terminal acetylenes is 1. The first-order valence-corrected chi connectivity index (χ1v) is 16.7. The summed E-state index contributed by atoms with van der Waals surface area (Å²) in [6.45, 7) is 20.6. The Kier molecular flexibility index (Phi) is 13.2.